The second-order valence-electron chi connectivity index (χ2n) is 6.89. The molecule has 0 radical (unpaired) electrons. The normalized spacial score (nSPS) is 24.9. The van der Waals surface area contributed by atoms with E-state index >= 15 is 0 Å². The first-order valence-corrected chi connectivity index (χ1v) is 8.36. The number of nitrogens with zero attached hydrogens (tertiary/aromatic N) is 4. The number of rotatable bonds is 4. The fourth-order valence-corrected chi connectivity index (χ4v) is 2.75. The molecule has 162 valence electrons. The van der Waals surface area contributed by atoms with Crippen LogP contribution in [0.15, 0.2) is 5.83 Å². The lowest BCUT2D eigenvalue weighted by molar-refractivity contribution is -0.138. The number of nitrogens with one attached hydrogen (secondary N) is 1. The van der Waals surface area contributed by atoms with Crippen LogP contribution in [0.4, 0.5) is 47.0 Å². The molecule has 1 aliphatic carbocycles. The highest BCUT2D eigenvalue weighted by molar-refractivity contribution is 5.66. The summed E-state index contributed by atoms with van der Waals surface area (Å²) in [6.45, 7) is -0.911. The topological polar surface area (TPSA) is 74.2 Å². The zero-order valence-electron chi connectivity index (χ0n) is 14.7. The smallest absolute Gasteiger partial charge is 0.380 e. The molecule has 0 bridgehead atoms. The van der Waals surface area contributed by atoms with E-state index in [1.54, 1.807) is 0 Å². The molecule has 2 aliphatic rings. The van der Waals surface area contributed by atoms with Gasteiger partial charge in [0.15, 0.2) is 11.9 Å². The molecule has 0 saturated carbocycles. The Morgan fingerprint density at radius 2 is 1.76 bits per heavy atom. The number of hydrogen-bond acceptors (Lipinski definition) is 6. The van der Waals surface area contributed by atoms with E-state index in [9.17, 15) is 40.2 Å². The largest absolute Gasteiger partial charge is 0.408 e. The van der Waals surface area contributed by atoms with Gasteiger partial charge in [-0.15, -0.1) is 0 Å². The Balaban J connectivity index is 2.00. The Morgan fingerprint density at radius 3 is 2.31 bits per heavy atom. The number of aliphatic hydroxyl groups is 1. The van der Waals surface area contributed by atoms with Gasteiger partial charge in [-0.05, 0) is 13.3 Å². The second-order valence-corrected chi connectivity index (χ2v) is 6.89. The van der Waals surface area contributed by atoms with E-state index in [0.29, 0.717) is 0 Å². The van der Waals surface area contributed by atoms with Crippen LogP contribution in [0, 0.1) is 0 Å². The zero-order valence-corrected chi connectivity index (χ0v) is 14.7. The first-order valence-electron chi connectivity index (χ1n) is 8.36. The number of aromatic nitrogens is 3. The lowest BCUT2D eigenvalue weighted by atomic mass is 9.92. The minimum Gasteiger partial charge on any atom is -0.380 e. The second kappa shape index (κ2) is 6.92. The first-order chi connectivity index (χ1) is 13.2. The first kappa shape index (κ1) is 21.5. The van der Waals surface area contributed by atoms with Crippen molar-refractivity contribution in [1.82, 2.24) is 15.0 Å². The summed E-state index contributed by atoms with van der Waals surface area (Å²) < 4.78 is 106. The van der Waals surface area contributed by atoms with Crippen LogP contribution in [0.1, 0.15) is 25.6 Å². The van der Waals surface area contributed by atoms with Crippen molar-refractivity contribution in [1.29, 1.82) is 0 Å². The van der Waals surface area contributed by atoms with Gasteiger partial charge in [-0.1, -0.05) is 0 Å². The zero-order chi connectivity index (χ0) is 21.8. The van der Waals surface area contributed by atoms with Gasteiger partial charge in [0.2, 0.25) is 11.9 Å². The molecule has 1 aliphatic heterocycles. The predicted molar refractivity (Wildman–Crippen MR) is 84.3 cm³/mol. The third-order valence-electron chi connectivity index (χ3n) is 4.49. The fourth-order valence-electron chi connectivity index (χ4n) is 2.75. The molecule has 1 unspecified atom stereocenters. The van der Waals surface area contributed by atoms with Gasteiger partial charge in [0.1, 0.15) is 11.9 Å². The van der Waals surface area contributed by atoms with E-state index in [0.717, 1.165) is 11.8 Å². The van der Waals surface area contributed by atoms with Crippen LogP contribution in [0.5, 0.6) is 0 Å². The molecule has 14 heteroatoms. The minimum absolute atomic E-state index is 0.468. The van der Waals surface area contributed by atoms with Crippen LogP contribution in [0.25, 0.3) is 5.57 Å². The highest BCUT2D eigenvalue weighted by atomic mass is 19.4. The van der Waals surface area contributed by atoms with E-state index in [2.05, 4.69) is 15.0 Å². The molecule has 2 atom stereocenters. The molecule has 2 N–H and O–H groups in total. The number of hydrogen-bond donors (Lipinski definition) is 2. The van der Waals surface area contributed by atoms with Gasteiger partial charge < -0.3 is 15.3 Å². The summed E-state index contributed by atoms with van der Waals surface area (Å²) in [6.07, 6.45) is -9.06. The molecule has 2 heterocycles. The molecular weight excluding hydrogens is 418 g/mol. The maximum atomic E-state index is 14.3. The van der Waals surface area contributed by atoms with Crippen molar-refractivity contribution in [3.8, 4) is 0 Å². The van der Waals surface area contributed by atoms with Crippen LogP contribution < -0.4 is 10.2 Å². The Morgan fingerprint density at radius 1 is 1.14 bits per heavy atom. The van der Waals surface area contributed by atoms with Crippen molar-refractivity contribution in [2.75, 3.05) is 23.3 Å². The lowest BCUT2D eigenvalue weighted by Crippen LogP contribution is -2.57. The average Bonchev–Trinajstić information content (AvgIpc) is 2.56. The molecule has 29 heavy (non-hydrogen) atoms. The number of anilines is 2. The van der Waals surface area contributed by atoms with E-state index in [4.69, 9.17) is 0 Å². The third kappa shape index (κ3) is 4.36. The van der Waals surface area contributed by atoms with Crippen LogP contribution >= 0.6 is 0 Å². The van der Waals surface area contributed by atoms with Crippen molar-refractivity contribution < 1.29 is 40.2 Å². The van der Waals surface area contributed by atoms with E-state index in [-0.39, 0.29) is 0 Å². The molecule has 0 spiro atoms. The summed E-state index contributed by atoms with van der Waals surface area (Å²) >= 11 is 0. The fraction of sp³-hybridized carbons (Fsp3) is 0.667. The minimum atomic E-state index is -4.70. The average molecular weight is 433 g/mol. The Hall–Kier alpha value is -2.25. The van der Waals surface area contributed by atoms with E-state index in [1.807, 2.05) is 5.32 Å². The Bertz CT molecular complexity index is 819. The highest BCUT2D eigenvalue weighted by Crippen LogP contribution is 2.41. The number of aliphatic hydroxyl groups excluding tert-OH is 1. The quantitative estimate of drug-likeness (QED) is 0.711. The van der Waals surface area contributed by atoms with Crippen molar-refractivity contribution in [2.24, 2.45) is 0 Å². The summed E-state index contributed by atoms with van der Waals surface area (Å²) in [5.74, 6) is -10.2. The number of alkyl halides is 7. The molecule has 1 saturated heterocycles. The van der Waals surface area contributed by atoms with Gasteiger partial charge in [0.25, 0.3) is 11.8 Å². The van der Waals surface area contributed by atoms with Crippen LogP contribution in [-0.4, -0.2) is 63.3 Å². The van der Waals surface area contributed by atoms with Gasteiger partial charge in [0, 0.05) is 12.0 Å². The van der Waals surface area contributed by atoms with Crippen molar-refractivity contribution in [3.63, 3.8) is 0 Å². The molecule has 6 nitrogen and oxygen atoms in total. The van der Waals surface area contributed by atoms with Crippen LogP contribution in [0.3, 0.4) is 0 Å². The molecule has 1 fully saturated rings. The predicted octanol–water partition coefficient (Wildman–Crippen LogP) is 3.16. The molecule has 0 amide bonds. The number of halogens is 8. The van der Waals surface area contributed by atoms with Gasteiger partial charge in [-0.3, -0.25) is 0 Å². The Labute approximate surface area is 158 Å². The number of allylic oxidation sites excluding steroid dienone is 1. The van der Waals surface area contributed by atoms with Gasteiger partial charge >= 0.3 is 6.18 Å². The summed E-state index contributed by atoms with van der Waals surface area (Å²) in [4.78, 5) is 11.9. The monoisotopic (exact) mass is 433 g/mol. The lowest BCUT2D eigenvalue weighted by Gasteiger charge is -2.38. The summed E-state index contributed by atoms with van der Waals surface area (Å²) in [5.41, 5.74) is -0.554. The third-order valence-corrected chi connectivity index (χ3v) is 4.49. The maximum Gasteiger partial charge on any atom is 0.408 e. The maximum absolute atomic E-state index is 14.3. The van der Waals surface area contributed by atoms with Crippen molar-refractivity contribution in [2.45, 2.75) is 49.9 Å². The molecule has 0 aromatic carbocycles. The molecule has 1 aromatic rings. The standard InChI is InChI=1S/C15H15F8N5O/c1-6(15(21,22)23)24-11-25-10(7-2-3-14(19,20)9(29)8(7)16)26-12(27-11)28-4-13(17,18)5-28/h6,9,29H,2-5H2,1H3,(H,24,25,26,27)/t6-,9?/m0/s1. The molecule has 1 aromatic heterocycles. The Kier molecular flexibility index (Phi) is 5.12. The van der Waals surface area contributed by atoms with Gasteiger partial charge in [0.05, 0.1) is 13.1 Å². The van der Waals surface area contributed by atoms with Crippen molar-refractivity contribution in [3.05, 3.63) is 11.7 Å². The van der Waals surface area contributed by atoms with Gasteiger partial charge in [-0.25, -0.2) is 22.0 Å². The highest BCUT2D eigenvalue weighted by Gasteiger charge is 2.48. The van der Waals surface area contributed by atoms with E-state index in [1.165, 1.54) is 0 Å². The van der Waals surface area contributed by atoms with Crippen LogP contribution in [0.2, 0.25) is 0 Å². The van der Waals surface area contributed by atoms with E-state index < -0.39 is 85.2 Å². The van der Waals surface area contributed by atoms with Crippen LogP contribution in [-0.2, 0) is 0 Å². The summed E-state index contributed by atoms with van der Waals surface area (Å²) in [6, 6.07) is -2.15. The van der Waals surface area contributed by atoms with Gasteiger partial charge in [-0.2, -0.15) is 28.1 Å². The molecular formula is C15H15F8N5O. The SMILES string of the molecule is C[C@H](Nc1nc(C2=C(F)C(O)C(F)(F)CC2)nc(N2CC(F)(F)C2)n1)C(F)(F)F. The van der Waals surface area contributed by atoms with Crippen molar-refractivity contribution >= 4 is 17.5 Å². The summed E-state index contributed by atoms with van der Waals surface area (Å²) in [5, 5.41) is 11.3. The molecule has 3 rings (SSSR count). The summed E-state index contributed by atoms with van der Waals surface area (Å²) in [7, 11) is 0.